The summed E-state index contributed by atoms with van der Waals surface area (Å²) in [6, 6.07) is 10.5. The molecule has 0 radical (unpaired) electrons. The molecule has 0 spiro atoms. The summed E-state index contributed by atoms with van der Waals surface area (Å²) in [5.41, 5.74) is 3.71. The van der Waals surface area contributed by atoms with Gasteiger partial charge in [0.1, 0.15) is 5.75 Å². The quantitative estimate of drug-likeness (QED) is 0.757. The highest BCUT2D eigenvalue weighted by Crippen LogP contribution is 2.24. The Bertz CT molecular complexity index is 793. The van der Waals surface area contributed by atoms with Gasteiger partial charge in [0.15, 0.2) is 0 Å². The molecule has 4 rings (SSSR count). The van der Waals surface area contributed by atoms with Gasteiger partial charge < -0.3 is 9.72 Å². The molecular formula is C19H24N4O. The molecule has 126 valence electrons. The van der Waals surface area contributed by atoms with Gasteiger partial charge in [-0.15, -0.1) is 0 Å². The van der Waals surface area contributed by atoms with E-state index in [4.69, 9.17) is 4.74 Å². The first-order valence-electron chi connectivity index (χ1n) is 8.66. The van der Waals surface area contributed by atoms with Crippen LogP contribution < -0.4 is 4.74 Å². The van der Waals surface area contributed by atoms with Crippen molar-refractivity contribution in [2.75, 3.05) is 20.2 Å². The number of rotatable bonds is 5. The number of nitrogens with one attached hydrogen (secondary N) is 2. The molecule has 2 N–H and O–H groups in total. The smallest absolute Gasteiger partial charge is 0.119 e. The van der Waals surface area contributed by atoms with E-state index in [0.29, 0.717) is 5.92 Å². The van der Waals surface area contributed by atoms with Crippen LogP contribution in [-0.2, 0) is 13.0 Å². The summed E-state index contributed by atoms with van der Waals surface area (Å²) >= 11 is 0. The highest BCUT2D eigenvalue weighted by Gasteiger charge is 2.21. The molecule has 1 fully saturated rings. The van der Waals surface area contributed by atoms with Crippen molar-refractivity contribution in [2.24, 2.45) is 5.92 Å². The van der Waals surface area contributed by atoms with E-state index in [9.17, 15) is 0 Å². The highest BCUT2D eigenvalue weighted by atomic mass is 16.5. The maximum atomic E-state index is 5.31. The molecule has 1 atom stereocenters. The fourth-order valence-corrected chi connectivity index (χ4v) is 3.79. The van der Waals surface area contributed by atoms with Gasteiger partial charge in [-0.05, 0) is 62.1 Å². The summed E-state index contributed by atoms with van der Waals surface area (Å²) in [4.78, 5) is 6.10. The number of ether oxygens (including phenoxy) is 1. The Labute approximate surface area is 142 Å². The van der Waals surface area contributed by atoms with E-state index in [2.05, 4.69) is 44.3 Å². The number of H-pyrrole nitrogens is 2. The van der Waals surface area contributed by atoms with Crippen LogP contribution in [-0.4, -0.2) is 40.3 Å². The third-order valence-corrected chi connectivity index (χ3v) is 4.95. The lowest BCUT2D eigenvalue weighted by atomic mass is 9.93. The molecule has 5 nitrogen and oxygen atoms in total. The zero-order valence-electron chi connectivity index (χ0n) is 14.1. The molecule has 1 aliphatic rings. The van der Waals surface area contributed by atoms with Crippen LogP contribution in [0, 0.1) is 5.92 Å². The van der Waals surface area contributed by atoms with Crippen LogP contribution >= 0.6 is 0 Å². The summed E-state index contributed by atoms with van der Waals surface area (Å²) in [5.74, 6) is 1.62. The van der Waals surface area contributed by atoms with Crippen LogP contribution in [0.4, 0.5) is 0 Å². The summed E-state index contributed by atoms with van der Waals surface area (Å²) in [6.45, 7) is 3.31. The maximum Gasteiger partial charge on any atom is 0.119 e. The van der Waals surface area contributed by atoms with Crippen LogP contribution in [0.2, 0.25) is 0 Å². The molecular weight excluding hydrogens is 300 g/mol. The van der Waals surface area contributed by atoms with Gasteiger partial charge in [-0.25, -0.2) is 0 Å². The first kappa shape index (κ1) is 15.3. The van der Waals surface area contributed by atoms with Crippen molar-refractivity contribution in [3.8, 4) is 5.75 Å². The van der Waals surface area contributed by atoms with Gasteiger partial charge in [0, 0.05) is 41.6 Å². The Hall–Kier alpha value is -2.27. The lowest BCUT2D eigenvalue weighted by Gasteiger charge is -2.32. The number of methoxy groups -OCH3 is 1. The average Bonchev–Trinajstić information content (AvgIpc) is 3.23. The molecule has 1 aliphatic heterocycles. The SMILES string of the molecule is COc1ccc2[nH]c(CN3CCC[C@@H](Cc4ccn[nH]4)C3)cc2c1. The summed E-state index contributed by atoms with van der Waals surface area (Å²) < 4.78 is 5.31. The van der Waals surface area contributed by atoms with E-state index in [1.807, 2.05) is 12.3 Å². The first-order valence-corrected chi connectivity index (χ1v) is 8.66. The number of hydrogen-bond acceptors (Lipinski definition) is 3. The second kappa shape index (κ2) is 6.69. The molecule has 5 heteroatoms. The van der Waals surface area contributed by atoms with Crippen molar-refractivity contribution >= 4 is 10.9 Å². The third-order valence-electron chi connectivity index (χ3n) is 4.95. The normalized spacial score (nSPS) is 19.0. The second-order valence-electron chi connectivity index (χ2n) is 6.78. The predicted molar refractivity (Wildman–Crippen MR) is 95.1 cm³/mol. The van der Waals surface area contributed by atoms with E-state index < -0.39 is 0 Å². The Morgan fingerprint density at radius 3 is 3.04 bits per heavy atom. The summed E-state index contributed by atoms with van der Waals surface area (Å²) in [6.07, 6.45) is 5.52. The van der Waals surface area contributed by atoms with Crippen LogP contribution in [0.5, 0.6) is 5.75 Å². The molecule has 0 aliphatic carbocycles. The lowest BCUT2D eigenvalue weighted by molar-refractivity contribution is 0.165. The largest absolute Gasteiger partial charge is 0.497 e. The van der Waals surface area contributed by atoms with Crippen LogP contribution in [0.3, 0.4) is 0 Å². The minimum atomic E-state index is 0.712. The lowest BCUT2D eigenvalue weighted by Crippen LogP contribution is -2.35. The molecule has 1 aromatic carbocycles. The minimum absolute atomic E-state index is 0.712. The predicted octanol–water partition coefficient (Wildman–Crippen LogP) is 3.35. The number of aromatic nitrogens is 3. The van der Waals surface area contributed by atoms with Crippen molar-refractivity contribution in [3.05, 3.63) is 47.9 Å². The number of nitrogens with zero attached hydrogens (tertiary/aromatic N) is 2. The van der Waals surface area contributed by atoms with Gasteiger partial charge >= 0.3 is 0 Å². The minimum Gasteiger partial charge on any atom is -0.497 e. The molecule has 0 amide bonds. The maximum absolute atomic E-state index is 5.31. The number of piperidine rings is 1. The fraction of sp³-hybridized carbons (Fsp3) is 0.421. The monoisotopic (exact) mass is 324 g/mol. The van der Waals surface area contributed by atoms with E-state index in [0.717, 1.165) is 25.3 Å². The van der Waals surface area contributed by atoms with E-state index in [1.165, 1.54) is 41.7 Å². The van der Waals surface area contributed by atoms with Gasteiger partial charge in [-0.2, -0.15) is 5.10 Å². The van der Waals surface area contributed by atoms with E-state index in [-0.39, 0.29) is 0 Å². The molecule has 3 aromatic rings. The third kappa shape index (κ3) is 3.31. The van der Waals surface area contributed by atoms with Crippen molar-refractivity contribution in [1.82, 2.24) is 20.1 Å². The van der Waals surface area contributed by atoms with Gasteiger partial charge in [0.05, 0.1) is 7.11 Å². The van der Waals surface area contributed by atoms with Gasteiger partial charge in [-0.3, -0.25) is 10.00 Å². The summed E-state index contributed by atoms with van der Waals surface area (Å²) in [7, 11) is 1.71. The molecule has 0 saturated carbocycles. The van der Waals surface area contributed by atoms with Crippen molar-refractivity contribution in [3.63, 3.8) is 0 Å². The Morgan fingerprint density at radius 1 is 1.25 bits per heavy atom. The zero-order valence-corrected chi connectivity index (χ0v) is 14.1. The number of aromatic amines is 2. The average molecular weight is 324 g/mol. The van der Waals surface area contributed by atoms with Crippen LogP contribution in [0.15, 0.2) is 36.5 Å². The van der Waals surface area contributed by atoms with Gasteiger partial charge in [0.2, 0.25) is 0 Å². The first-order chi connectivity index (χ1) is 11.8. The van der Waals surface area contributed by atoms with Crippen LogP contribution in [0.25, 0.3) is 10.9 Å². The zero-order chi connectivity index (χ0) is 16.4. The second-order valence-corrected chi connectivity index (χ2v) is 6.78. The Balaban J connectivity index is 1.42. The van der Waals surface area contributed by atoms with E-state index in [1.54, 1.807) is 7.11 Å². The Morgan fingerprint density at radius 2 is 2.21 bits per heavy atom. The number of benzene rings is 1. The molecule has 3 heterocycles. The van der Waals surface area contributed by atoms with E-state index >= 15 is 0 Å². The number of fused-ring (bicyclic) bond motifs is 1. The summed E-state index contributed by atoms with van der Waals surface area (Å²) in [5, 5.41) is 8.37. The number of likely N-dealkylation sites (tertiary alicyclic amines) is 1. The molecule has 1 saturated heterocycles. The van der Waals surface area contributed by atoms with Gasteiger partial charge in [-0.1, -0.05) is 0 Å². The standard InChI is InChI=1S/C19H24N4O/c1-24-18-4-5-19-15(11-18)10-17(21-19)13-23-8-2-3-14(12-23)9-16-6-7-20-22-16/h4-7,10-11,14,21H,2-3,8-9,12-13H2,1H3,(H,20,22)/t14-/m0/s1. The Kier molecular flexibility index (Phi) is 4.26. The molecule has 0 unspecified atom stereocenters. The molecule has 2 aromatic heterocycles. The van der Waals surface area contributed by atoms with Crippen molar-refractivity contribution in [1.29, 1.82) is 0 Å². The topological polar surface area (TPSA) is 56.9 Å². The van der Waals surface area contributed by atoms with Crippen LogP contribution in [0.1, 0.15) is 24.2 Å². The fourth-order valence-electron chi connectivity index (χ4n) is 3.79. The van der Waals surface area contributed by atoms with Crippen molar-refractivity contribution < 1.29 is 4.74 Å². The van der Waals surface area contributed by atoms with Gasteiger partial charge in [0.25, 0.3) is 0 Å². The number of hydrogen-bond donors (Lipinski definition) is 2. The highest BCUT2D eigenvalue weighted by molar-refractivity contribution is 5.81. The molecule has 0 bridgehead atoms. The molecule has 24 heavy (non-hydrogen) atoms. The van der Waals surface area contributed by atoms with Crippen molar-refractivity contribution in [2.45, 2.75) is 25.8 Å².